The first-order chi connectivity index (χ1) is 8.85. The molecule has 1 N–H and O–H groups in total. The molecule has 0 aromatic carbocycles. The van der Waals surface area contributed by atoms with Crippen LogP contribution in [0, 0.1) is 0 Å². The molecule has 2 rings (SSSR count). The maximum atomic E-state index is 3.76. The predicted molar refractivity (Wildman–Crippen MR) is 78.0 cm³/mol. The number of hydrogen-bond donors (Lipinski definition) is 1. The lowest BCUT2D eigenvalue weighted by molar-refractivity contribution is 0.0868. The standard InChI is InChI=1S/C15H31N3/c1-3-8-16-14-6-5-7-15(14)18-12-10-17(9-4-2)11-13-18/h14-16H,3-13H2,1-2H3. The van der Waals surface area contributed by atoms with Crippen LogP contribution in [-0.2, 0) is 0 Å². The zero-order valence-electron chi connectivity index (χ0n) is 12.3. The SMILES string of the molecule is CCCNC1CCCC1N1CCN(CCC)CC1. The minimum Gasteiger partial charge on any atom is -0.312 e. The van der Waals surface area contributed by atoms with Crippen LogP contribution in [0.15, 0.2) is 0 Å². The van der Waals surface area contributed by atoms with Gasteiger partial charge in [-0.3, -0.25) is 4.90 Å². The van der Waals surface area contributed by atoms with Crippen LogP contribution in [0.2, 0.25) is 0 Å². The van der Waals surface area contributed by atoms with Crippen LogP contribution < -0.4 is 5.32 Å². The van der Waals surface area contributed by atoms with Crippen LogP contribution in [0.25, 0.3) is 0 Å². The fourth-order valence-corrected chi connectivity index (χ4v) is 3.58. The quantitative estimate of drug-likeness (QED) is 0.780. The van der Waals surface area contributed by atoms with Crippen molar-refractivity contribution < 1.29 is 0 Å². The van der Waals surface area contributed by atoms with Crippen LogP contribution in [0.1, 0.15) is 46.0 Å². The number of hydrogen-bond acceptors (Lipinski definition) is 3. The molecule has 106 valence electrons. The highest BCUT2D eigenvalue weighted by molar-refractivity contribution is 4.92. The molecule has 1 aliphatic carbocycles. The van der Waals surface area contributed by atoms with Crippen LogP contribution in [0.3, 0.4) is 0 Å². The Morgan fingerprint density at radius 3 is 2.44 bits per heavy atom. The molecule has 0 bridgehead atoms. The van der Waals surface area contributed by atoms with Crippen molar-refractivity contribution in [2.45, 2.75) is 58.0 Å². The Morgan fingerprint density at radius 2 is 1.78 bits per heavy atom. The third kappa shape index (κ3) is 3.69. The third-order valence-electron chi connectivity index (χ3n) is 4.55. The zero-order chi connectivity index (χ0) is 12.8. The molecule has 2 unspecified atom stereocenters. The summed E-state index contributed by atoms with van der Waals surface area (Å²) in [5, 5.41) is 3.76. The van der Waals surface area contributed by atoms with E-state index in [0.717, 1.165) is 12.1 Å². The summed E-state index contributed by atoms with van der Waals surface area (Å²) in [6.07, 6.45) is 6.77. The van der Waals surface area contributed by atoms with E-state index in [2.05, 4.69) is 29.0 Å². The molecule has 0 amide bonds. The monoisotopic (exact) mass is 253 g/mol. The third-order valence-corrected chi connectivity index (χ3v) is 4.55. The summed E-state index contributed by atoms with van der Waals surface area (Å²) in [5.41, 5.74) is 0. The van der Waals surface area contributed by atoms with Gasteiger partial charge in [0.2, 0.25) is 0 Å². The first-order valence-corrected chi connectivity index (χ1v) is 8.05. The van der Waals surface area contributed by atoms with E-state index in [1.807, 2.05) is 0 Å². The van der Waals surface area contributed by atoms with E-state index in [4.69, 9.17) is 0 Å². The number of nitrogens with zero attached hydrogens (tertiary/aromatic N) is 2. The predicted octanol–water partition coefficient (Wildman–Crippen LogP) is 1.93. The van der Waals surface area contributed by atoms with Gasteiger partial charge in [-0.15, -0.1) is 0 Å². The van der Waals surface area contributed by atoms with Crippen LogP contribution in [0.4, 0.5) is 0 Å². The Labute approximate surface area is 113 Å². The van der Waals surface area contributed by atoms with Crippen molar-refractivity contribution in [2.75, 3.05) is 39.3 Å². The Bertz CT molecular complexity index is 224. The average Bonchev–Trinajstić information content (AvgIpc) is 2.86. The molecule has 0 aromatic heterocycles. The Morgan fingerprint density at radius 1 is 1.00 bits per heavy atom. The zero-order valence-corrected chi connectivity index (χ0v) is 12.3. The maximum absolute atomic E-state index is 3.76. The topological polar surface area (TPSA) is 18.5 Å². The molecule has 0 aromatic rings. The van der Waals surface area contributed by atoms with Crippen molar-refractivity contribution in [1.82, 2.24) is 15.1 Å². The number of rotatable bonds is 6. The van der Waals surface area contributed by atoms with E-state index in [1.54, 1.807) is 0 Å². The summed E-state index contributed by atoms with van der Waals surface area (Å²) in [5.74, 6) is 0. The molecular formula is C15H31N3. The minimum atomic E-state index is 0.766. The van der Waals surface area contributed by atoms with Crippen LogP contribution >= 0.6 is 0 Å². The van der Waals surface area contributed by atoms with Gasteiger partial charge < -0.3 is 10.2 Å². The lowest BCUT2D eigenvalue weighted by Gasteiger charge is -2.40. The minimum absolute atomic E-state index is 0.766. The highest BCUT2D eigenvalue weighted by Crippen LogP contribution is 2.25. The van der Waals surface area contributed by atoms with Crippen molar-refractivity contribution in [3.63, 3.8) is 0 Å². The normalized spacial score (nSPS) is 31.0. The van der Waals surface area contributed by atoms with Crippen molar-refractivity contribution in [3.8, 4) is 0 Å². The number of piperazine rings is 1. The maximum Gasteiger partial charge on any atom is 0.0250 e. The van der Waals surface area contributed by atoms with Gasteiger partial charge in [-0.25, -0.2) is 0 Å². The molecule has 1 aliphatic heterocycles. The highest BCUT2D eigenvalue weighted by Gasteiger charge is 2.32. The molecule has 1 saturated carbocycles. The molecule has 2 aliphatic rings. The molecule has 0 radical (unpaired) electrons. The molecule has 1 saturated heterocycles. The van der Waals surface area contributed by atoms with Crippen LogP contribution in [0.5, 0.6) is 0 Å². The fourth-order valence-electron chi connectivity index (χ4n) is 3.58. The Hall–Kier alpha value is -0.120. The van der Waals surface area contributed by atoms with Gasteiger partial charge in [-0.05, 0) is 38.8 Å². The van der Waals surface area contributed by atoms with Gasteiger partial charge in [0.15, 0.2) is 0 Å². The van der Waals surface area contributed by atoms with Gasteiger partial charge in [-0.2, -0.15) is 0 Å². The largest absolute Gasteiger partial charge is 0.312 e. The summed E-state index contributed by atoms with van der Waals surface area (Å²) in [4.78, 5) is 5.38. The van der Waals surface area contributed by atoms with Gasteiger partial charge >= 0.3 is 0 Å². The Kier molecular flexibility index (Phi) is 5.93. The van der Waals surface area contributed by atoms with Gasteiger partial charge in [0, 0.05) is 38.3 Å². The average molecular weight is 253 g/mol. The van der Waals surface area contributed by atoms with Crippen molar-refractivity contribution in [2.24, 2.45) is 0 Å². The van der Waals surface area contributed by atoms with E-state index in [-0.39, 0.29) is 0 Å². The molecule has 2 atom stereocenters. The molecular weight excluding hydrogens is 222 g/mol. The summed E-state index contributed by atoms with van der Waals surface area (Å²) in [6, 6.07) is 1.59. The Balaban J connectivity index is 1.77. The molecule has 1 heterocycles. The summed E-state index contributed by atoms with van der Waals surface area (Å²) >= 11 is 0. The molecule has 3 heteroatoms. The lowest BCUT2D eigenvalue weighted by Crippen LogP contribution is -2.54. The van der Waals surface area contributed by atoms with Crippen molar-refractivity contribution in [1.29, 1.82) is 0 Å². The summed E-state index contributed by atoms with van der Waals surface area (Å²) < 4.78 is 0. The second-order valence-electron chi connectivity index (χ2n) is 5.94. The molecule has 0 spiro atoms. The fraction of sp³-hybridized carbons (Fsp3) is 1.00. The lowest BCUT2D eigenvalue weighted by atomic mass is 10.1. The summed E-state index contributed by atoms with van der Waals surface area (Å²) in [7, 11) is 0. The van der Waals surface area contributed by atoms with Gasteiger partial charge in [-0.1, -0.05) is 20.3 Å². The van der Waals surface area contributed by atoms with E-state index < -0.39 is 0 Å². The van der Waals surface area contributed by atoms with E-state index in [0.29, 0.717) is 0 Å². The van der Waals surface area contributed by atoms with Crippen molar-refractivity contribution >= 4 is 0 Å². The van der Waals surface area contributed by atoms with Crippen molar-refractivity contribution in [3.05, 3.63) is 0 Å². The number of nitrogens with one attached hydrogen (secondary N) is 1. The smallest absolute Gasteiger partial charge is 0.0250 e. The van der Waals surface area contributed by atoms with Gasteiger partial charge in [0.05, 0.1) is 0 Å². The summed E-state index contributed by atoms with van der Waals surface area (Å²) in [6.45, 7) is 12.2. The van der Waals surface area contributed by atoms with E-state index in [9.17, 15) is 0 Å². The van der Waals surface area contributed by atoms with Gasteiger partial charge in [0.1, 0.15) is 0 Å². The van der Waals surface area contributed by atoms with Gasteiger partial charge in [0.25, 0.3) is 0 Å². The second kappa shape index (κ2) is 7.46. The molecule has 3 nitrogen and oxygen atoms in total. The second-order valence-corrected chi connectivity index (χ2v) is 5.94. The molecule has 18 heavy (non-hydrogen) atoms. The first kappa shape index (κ1) is 14.3. The van der Waals surface area contributed by atoms with Crippen LogP contribution in [-0.4, -0.2) is 61.2 Å². The first-order valence-electron chi connectivity index (χ1n) is 8.05. The molecule has 2 fully saturated rings. The van der Waals surface area contributed by atoms with E-state index in [1.165, 1.54) is 71.4 Å². The van der Waals surface area contributed by atoms with E-state index >= 15 is 0 Å². The highest BCUT2D eigenvalue weighted by atomic mass is 15.3.